The molecule has 5 heteroatoms. The maximum atomic E-state index is 13.4. The summed E-state index contributed by atoms with van der Waals surface area (Å²) in [6.45, 7) is 3.79. The smallest absolute Gasteiger partial charge is 0.273 e. The lowest BCUT2D eigenvalue weighted by atomic mass is 9.94. The number of hydrogen-bond donors (Lipinski definition) is 1. The van der Waals surface area contributed by atoms with E-state index in [1.807, 2.05) is 68.4 Å². The summed E-state index contributed by atoms with van der Waals surface area (Å²) in [4.78, 5) is 39.8. The number of urea groups is 1. The number of amides is 4. The molecule has 1 heterocycles. The van der Waals surface area contributed by atoms with Gasteiger partial charge >= 0.3 is 6.03 Å². The van der Waals surface area contributed by atoms with E-state index in [1.165, 1.54) is 0 Å². The van der Waals surface area contributed by atoms with Gasteiger partial charge in [0.05, 0.1) is 5.69 Å². The summed E-state index contributed by atoms with van der Waals surface area (Å²) in [5.41, 5.74) is 2.97. The van der Waals surface area contributed by atoms with Gasteiger partial charge in [-0.15, -0.1) is 0 Å². The highest BCUT2D eigenvalue weighted by atomic mass is 16.2. The van der Waals surface area contributed by atoms with E-state index in [1.54, 1.807) is 18.2 Å². The predicted molar refractivity (Wildman–Crippen MR) is 126 cm³/mol. The molecule has 1 fully saturated rings. The van der Waals surface area contributed by atoms with Gasteiger partial charge in [-0.05, 0) is 76.4 Å². The van der Waals surface area contributed by atoms with Crippen LogP contribution in [-0.4, -0.2) is 17.8 Å². The van der Waals surface area contributed by atoms with Gasteiger partial charge in [-0.25, -0.2) is 9.69 Å². The fraction of sp³-hybridized carbons (Fsp3) is 0.0741. The zero-order chi connectivity index (χ0) is 22.4. The molecular formula is C27H20N2O3. The van der Waals surface area contributed by atoms with E-state index < -0.39 is 17.8 Å². The lowest BCUT2D eigenvalue weighted by Gasteiger charge is -2.27. The first kappa shape index (κ1) is 19.7. The van der Waals surface area contributed by atoms with Crippen molar-refractivity contribution in [2.75, 3.05) is 4.90 Å². The van der Waals surface area contributed by atoms with Crippen molar-refractivity contribution in [3.05, 3.63) is 95.1 Å². The van der Waals surface area contributed by atoms with Gasteiger partial charge < -0.3 is 0 Å². The number of aryl methyl sites for hydroxylation is 2. The highest BCUT2D eigenvalue weighted by Gasteiger charge is 2.37. The summed E-state index contributed by atoms with van der Waals surface area (Å²) in [5.74, 6) is -1.33. The van der Waals surface area contributed by atoms with Crippen LogP contribution in [0.3, 0.4) is 0 Å². The molecule has 5 nitrogen and oxygen atoms in total. The molecule has 0 spiro atoms. The Labute approximate surface area is 185 Å². The largest absolute Gasteiger partial charge is 0.335 e. The number of nitrogens with zero attached hydrogens (tertiary/aromatic N) is 1. The summed E-state index contributed by atoms with van der Waals surface area (Å²) >= 11 is 0. The van der Waals surface area contributed by atoms with Crippen LogP contribution in [0, 0.1) is 13.8 Å². The number of anilines is 1. The van der Waals surface area contributed by atoms with Crippen molar-refractivity contribution in [2.45, 2.75) is 13.8 Å². The molecule has 1 N–H and O–H groups in total. The summed E-state index contributed by atoms with van der Waals surface area (Å²) < 4.78 is 0. The van der Waals surface area contributed by atoms with Crippen LogP contribution in [0.15, 0.2) is 78.4 Å². The Kier molecular flexibility index (Phi) is 4.59. The molecule has 0 aromatic heterocycles. The van der Waals surface area contributed by atoms with Crippen LogP contribution in [0.1, 0.15) is 16.7 Å². The topological polar surface area (TPSA) is 66.5 Å². The number of benzene rings is 4. The van der Waals surface area contributed by atoms with Gasteiger partial charge in [0, 0.05) is 0 Å². The number of imide groups is 2. The molecule has 4 aromatic carbocycles. The third kappa shape index (κ3) is 3.24. The maximum Gasteiger partial charge on any atom is 0.335 e. The van der Waals surface area contributed by atoms with Crippen LogP contribution in [-0.2, 0) is 9.59 Å². The lowest BCUT2D eigenvalue weighted by Crippen LogP contribution is -2.54. The Morgan fingerprint density at radius 1 is 0.750 bits per heavy atom. The lowest BCUT2D eigenvalue weighted by molar-refractivity contribution is -0.122. The minimum atomic E-state index is -0.745. The van der Waals surface area contributed by atoms with Gasteiger partial charge in [-0.2, -0.15) is 0 Å². The summed E-state index contributed by atoms with van der Waals surface area (Å²) in [5, 5.41) is 6.18. The van der Waals surface area contributed by atoms with E-state index in [-0.39, 0.29) is 5.57 Å². The van der Waals surface area contributed by atoms with Crippen molar-refractivity contribution in [3.63, 3.8) is 0 Å². The van der Waals surface area contributed by atoms with E-state index in [2.05, 4.69) is 11.4 Å². The van der Waals surface area contributed by atoms with E-state index >= 15 is 0 Å². The highest BCUT2D eigenvalue weighted by Crippen LogP contribution is 2.31. The maximum absolute atomic E-state index is 13.4. The molecule has 1 aliphatic heterocycles. The zero-order valence-corrected chi connectivity index (χ0v) is 17.7. The van der Waals surface area contributed by atoms with Crippen LogP contribution >= 0.6 is 0 Å². The monoisotopic (exact) mass is 420 g/mol. The molecular weight excluding hydrogens is 400 g/mol. The third-order valence-electron chi connectivity index (χ3n) is 5.67. The Hall–Kier alpha value is -4.25. The first-order valence-corrected chi connectivity index (χ1v) is 10.3. The Bertz CT molecular complexity index is 1410. The van der Waals surface area contributed by atoms with Crippen LogP contribution in [0.4, 0.5) is 10.5 Å². The molecule has 0 bridgehead atoms. The fourth-order valence-corrected chi connectivity index (χ4v) is 4.32. The van der Waals surface area contributed by atoms with Crippen LogP contribution in [0.25, 0.3) is 27.6 Å². The second-order valence-electron chi connectivity index (χ2n) is 8.04. The molecule has 4 amide bonds. The molecule has 5 rings (SSSR count). The van der Waals surface area contributed by atoms with Crippen molar-refractivity contribution < 1.29 is 14.4 Å². The molecule has 156 valence electrons. The van der Waals surface area contributed by atoms with Crippen LogP contribution < -0.4 is 10.2 Å². The van der Waals surface area contributed by atoms with Gasteiger partial charge in [0.25, 0.3) is 11.8 Å². The standard InChI is InChI=1S/C27H20N2O3/c1-16-11-17(2)13-20(12-16)29-26(31)24(25(30)28-27(29)32)15-23-21-9-5-3-7-18(21)14-19-8-4-6-10-22(19)23/h3-15H,1-2H3,(H,28,30,32)/b24-15-. The Morgan fingerprint density at radius 3 is 1.91 bits per heavy atom. The second kappa shape index (κ2) is 7.46. The average Bonchev–Trinajstić information content (AvgIpc) is 2.75. The number of carbonyl (C=O) groups is 3. The Balaban J connectivity index is 1.72. The molecule has 0 radical (unpaired) electrons. The molecule has 0 atom stereocenters. The van der Waals surface area contributed by atoms with E-state index in [9.17, 15) is 14.4 Å². The molecule has 32 heavy (non-hydrogen) atoms. The molecule has 1 aliphatic rings. The highest BCUT2D eigenvalue weighted by molar-refractivity contribution is 6.39. The number of barbiturate groups is 1. The van der Waals surface area contributed by atoms with Crippen molar-refractivity contribution >= 4 is 51.2 Å². The van der Waals surface area contributed by atoms with Crippen LogP contribution in [0.5, 0.6) is 0 Å². The predicted octanol–water partition coefficient (Wildman–Crippen LogP) is 5.28. The number of fused-ring (bicyclic) bond motifs is 2. The first-order chi connectivity index (χ1) is 15.4. The van der Waals surface area contributed by atoms with Gasteiger partial charge in [0.2, 0.25) is 0 Å². The number of rotatable bonds is 2. The number of nitrogens with one attached hydrogen (secondary N) is 1. The quantitative estimate of drug-likeness (QED) is 0.273. The van der Waals surface area contributed by atoms with E-state index in [0.717, 1.165) is 43.1 Å². The zero-order valence-electron chi connectivity index (χ0n) is 17.7. The second-order valence-corrected chi connectivity index (χ2v) is 8.04. The summed E-state index contributed by atoms with van der Waals surface area (Å²) in [6.07, 6.45) is 1.60. The van der Waals surface area contributed by atoms with Gasteiger partial charge in [0.1, 0.15) is 5.57 Å². The fourth-order valence-electron chi connectivity index (χ4n) is 4.32. The first-order valence-electron chi connectivity index (χ1n) is 10.3. The number of hydrogen-bond acceptors (Lipinski definition) is 3. The van der Waals surface area contributed by atoms with E-state index in [0.29, 0.717) is 5.69 Å². The molecule has 1 saturated heterocycles. The molecule has 0 unspecified atom stereocenters. The molecule has 4 aromatic rings. The van der Waals surface area contributed by atoms with Gasteiger partial charge in [0.15, 0.2) is 0 Å². The third-order valence-corrected chi connectivity index (χ3v) is 5.67. The normalized spacial score (nSPS) is 15.6. The minimum absolute atomic E-state index is 0.0785. The van der Waals surface area contributed by atoms with E-state index in [4.69, 9.17) is 0 Å². The number of carbonyl (C=O) groups excluding carboxylic acids is 3. The average molecular weight is 420 g/mol. The molecule has 0 saturated carbocycles. The van der Waals surface area contributed by atoms with Gasteiger partial charge in [-0.3, -0.25) is 14.9 Å². The SMILES string of the molecule is Cc1cc(C)cc(N2C(=O)NC(=O)/C(=C/c3c4ccccc4cc4ccccc34)C2=O)c1. The minimum Gasteiger partial charge on any atom is -0.273 e. The van der Waals surface area contributed by atoms with Crippen molar-refractivity contribution in [2.24, 2.45) is 0 Å². The van der Waals surface area contributed by atoms with Gasteiger partial charge in [-0.1, -0.05) is 54.6 Å². The van der Waals surface area contributed by atoms with Crippen molar-refractivity contribution in [3.8, 4) is 0 Å². The molecule has 0 aliphatic carbocycles. The summed E-state index contributed by atoms with van der Waals surface area (Å²) in [7, 11) is 0. The Morgan fingerprint density at radius 2 is 1.31 bits per heavy atom. The summed E-state index contributed by atoms with van der Waals surface area (Å²) in [6, 6.07) is 22.5. The van der Waals surface area contributed by atoms with Crippen molar-refractivity contribution in [1.82, 2.24) is 5.32 Å². The van der Waals surface area contributed by atoms with Crippen LogP contribution in [0.2, 0.25) is 0 Å². The van der Waals surface area contributed by atoms with Crippen molar-refractivity contribution in [1.29, 1.82) is 0 Å².